The molecule has 1 amide bonds. The number of hydrogen-bond donors (Lipinski definition) is 2. The molecule has 1 aliphatic rings. The lowest BCUT2D eigenvalue weighted by Crippen LogP contribution is -2.22. The molecule has 0 bridgehead atoms. The van der Waals surface area contributed by atoms with E-state index in [1.165, 1.54) is 12.1 Å². The van der Waals surface area contributed by atoms with E-state index >= 15 is 0 Å². The van der Waals surface area contributed by atoms with Crippen LogP contribution in [0.3, 0.4) is 0 Å². The number of carbonyl (C=O) groups is 2. The van der Waals surface area contributed by atoms with Gasteiger partial charge < -0.3 is 19.9 Å². The molecule has 0 radical (unpaired) electrons. The van der Waals surface area contributed by atoms with Gasteiger partial charge in [0, 0.05) is 12.3 Å². The summed E-state index contributed by atoms with van der Waals surface area (Å²) in [5.74, 6) is -1.08. The van der Waals surface area contributed by atoms with Crippen molar-refractivity contribution >= 4 is 29.2 Å². The molecule has 1 unspecified atom stereocenters. The molecular weight excluding hydrogens is 286 g/mol. The number of anilines is 1. The van der Waals surface area contributed by atoms with Crippen molar-refractivity contribution in [3.8, 4) is 5.75 Å². The number of nitrogens with one attached hydrogen (secondary N) is 1. The Balaban J connectivity index is 1.97. The highest BCUT2D eigenvalue weighted by Crippen LogP contribution is 2.28. The van der Waals surface area contributed by atoms with Crippen molar-refractivity contribution in [3.63, 3.8) is 0 Å². The molecule has 0 aliphatic carbocycles. The van der Waals surface area contributed by atoms with Crippen molar-refractivity contribution in [1.82, 2.24) is 0 Å². The molecule has 1 atom stereocenters. The summed E-state index contributed by atoms with van der Waals surface area (Å²) < 4.78 is 10.1. The highest BCUT2D eigenvalue weighted by molar-refractivity contribution is 6.32. The van der Waals surface area contributed by atoms with Crippen LogP contribution >= 0.6 is 11.6 Å². The predicted octanol–water partition coefficient (Wildman–Crippen LogP) is 1.78. The summed E-state index contributed by atoms with van der Waals surface area (Å²) >= 11 is 5.96. The zero-order chi connectivity index (χ0) is 14.5. The van der Waals surface area contributed by atoms with Gasteiger partial charge in [0.15, 0.2) is 6.61 Å². The van der Waals surface area contributed by atoms with Gasteiger partial charge in [-0.1, -0.05) is 11.6 Å². The Morgan fingerprint density at radius 3 is 2.90 bits per heavy atom. The van der Waals surface area contributed by atoms with Crippen LogP contribution in [0, 0.1) is 5.92 Å². The normalized spacial score (nSPS) is 17.8. The van der Waals surface area contributed by atoms with E-state index in [2.05, 4.69) is 5.32 Å². The monoisotopic (exact) mass is 299 g/mol. The highest BCUT2D eigenvalue weighted by atomic mass is 35.5. The summed E-state index contributed by atoms with van der Waals surface area (Å²) in [6.45, 7) is 0.561. The minimum Gasteiger partial charge on any atom is -0.480 e. The molecule has 1 aliphatic heterocycles. The van der Waals surface area contributed by atoms with Crippen LogP contribution in [0.4, 0.5) is 5.69 Å². The highest BCUT2D eigenvalue weighted by Gasteiger charge is 2.23. The maximum atomic E-state index is 11.9. The van der Waals surface area contributed by atoms with Crippen molar-refractivity contribution in [2.24, 2.45) is 5.92 Å². The number of carboxylic acid groups (broad SMARTS) is 1. The smallest absolute Gasteiger partial charge is 0.341 e. The second-order valence-corrected chi connectivity index (χ2v) is 4.78. The average Bonchev–Trinajstić information content (AvgIpc) is 2.91. The van der Waals surface area contributed by atoms with Crippen LogP contribution in [0.5, 0.6) is 5.75 Å². The molecule has 108 valence electrons. The van der Waals surface area contributed by atoms with Gasteiger partial charge in [-0.2, -0.15) is 0 Å². The summed E-state index contributed by atoms with van der Waals surface area (Å²) in [7, 11) is 0. The van der Waals surface area contributed by atoms with E-state index in [-0.39, 0.29) is 22.6 Å². The molecule has 0 spiro atoms. The van der Waals surface area contributed by atoms with E-state index in [1.54, 1.807) is 6.07 Å². The number of aliphatic carboxylic acids is 1. The van der Waals surface area contributed by atoms with Gasteiger partial charge >= 0.3 is 5.97 Å². The maximum Gasteiger partial charge on any atom is 0.341 e. The first-order chi connectivity index (χ1) is 9.56. The molecule has 1 heterocycles. The zero-order valence-corrected chi connectivity index (χ0v) is 11.4. The number of halogens is 1. The number of amides is 1. The summed E-state index contributed by atoms with van der Waals surface area (Å²) in [4.78, 5) is 22.3. The van der Waals surface area contributed by atoms with Crippen molar-refractivity contribution in [2.45, 2.75) is 6.42 Å². The summed E-state index contributed by atoms with van der Waals surface area (Å²) in [5, 5.41) is 11.5. The van der Waals surface area contributed by atoms with Crippen LogP contribution in [0.2, 0.25) is 5.02 Å². The second kappa shape index (κ2) is 6.58. The number of benzene rings is 1. The molecule has 1 fully saturated rings. The van der Waals surface area contributed by atoms with Crippen LogP contribution in [0.25, 0.3) is 0 Å². The number of ether oxygens (including phenoxy) is 2. The van der Waals surface area contributed by atoms with Crippen LogP contribution in [0.1, 0.15) is 6.42 Å². The lowest BCUT2D eigenvalue weighted by Gasteiger charge is -2.11. The first-order valence-corrected chi connectivity index (χ1v) is 6.47. The molecule has 6 nitrogen and oxygen atoms in total. The quantitative estimate of drug-likeness (QED) is 0.865. The summed E-state index contributed by atoms with van der Waals surface area (Å²) in [5.41, 5.74) is 0.537. The van der Waals surface area contributed by atoms with Gasteiger partial charge in [-0.15, -0.1) is 0 Å². The van der Waals surface area contributed by atoms with Gasteiger partial charge in [0.2, 0.25) is 5.91 Å². The molecular formula is C13H14ClNO5. The van der Waals surface area contributed by atoms with Crippen LogP contribution in [-0.2, 0) is 14.3 Å². The van der Waals surface area contributed by atoms with Crippen molar-refractivity contribution in [3.05, 3.63) is 23.2 Å². The fraction of sp³-hybridized carbons (Fsp3) is 0.385. The predicted molar refractivity (Wildman–Crippen MR) is 72.1 cm³/mol. The molecule has 2 N–H and O–H groups in total. The van der Waals surface area contributed by atoms with Crippen molar-refractivity contribution in [2.75, 3.05) is 25.1 Å². The Labute approximate surface area is 120 Å². The van der Waals surface area contributed by atoms with Gasteiger partial charge in [-0.3, -0.25) is 4.79 Å². The van der Waals surface area contributed by atoms with E-state index in [9.17, 15) is 9.59 Å². The summed E-state index contributed by atoms with van der Waals surface area (Å²) in [6.07, 6.45) is 0.708. The van der Waals surface area contributed by atoms with E-state index in [0.29, 0.717) is 25.3 Å². The topological polar surface area (TPSA) is 84.9 Å². The molecule has 0 saturated carbocycles. The third-order valence-corrected chi connectivity index (χ3v) is 3.15. The van der Waals surface area contributed by atoms with Crippen molar-refractivity contribution < 1.29 is 24.2 Å². The lowest BCUT2D eigenvalue weighted by atomic mass is 10.1. The fourth-order valence-corrected chi connectivity index (χ4v) is 2.06. The number of carbonyl (C=O) groups excluding carboxylic acids is 1. The van der Waals surface area contributed by atoms with Gasteiger partial charge in [0.05, 0.1) is 17.5 Å². The van der Waals surface area contributed by atoms with Crippen LogP contribution in [0.15, 0.2) is 18.2 Å². The lowest BCUT2D eigenvalue weighted by molar-refractivity contribution is -0.139. The third-order valence-electron chi connectivity index (χ3n) is 2.85. The second-order valence-electron chi connectivity index (χ2n) is 4.38. The van der Waals surface area contributed by atoms with E-state index in [1.807, 2.05) is 0 Å². The molecule has 7 heteroatoms. The Kier molecular flexibility index (Phi) is 4.81. The molecule has 1 aromatic carbocycles. The van der Waals surface area contributed by atoms with Crippen LogP contribution < -0.4 is 10.1 Å². The Hall–Kier alpha value is -1.79. The SMILES string of the molecule is O=C(O)COc1ccc(NC(=O)C2CCOC2)cc1Cl. The minimum atomic E-state index is -1.08. The van der Waals surface area contributed by atoms with E-state index in [0.717, 1.165) is 0 Å². The third kappa shape index (κ3) is 3.85. The minimum absolute atomic E-state index is 0.113. The molecule has 1 aromatic rings. The fourth-order valence-electron chi connectivity index (χ4n) is 1.82. The van der Waals surface area contributed by atoms with Crippen LogP contribution in [-0.4, -0.2) is 36.8 Å². The first-order valence-electron chi connectivity index (χ1n) is 6.09. The largest absolute Gasteiger partial charge is 0.480 e. The molecule has 0 aromatic heterocycles. The molecule has 1 saturated heterocycles. The zero-order valence-electron chi connectivity index (χ0n) is 10.6. The summed E-state index contributed by atoms with van der Waals surface area (Å²) in [6, 6.07) is 4.65. The molecule has 2 rings (SSSR count). The Bertz CT molecular complexity index is 513. The standard InChI is InChI=1S/C13H14ClNO5/c14-10-5-9(1-2-11(10)20-7-12(16)17)15-13(18)8-3-4-19-6-8/h1-2,5,8H,3-4,6-7H2,(H,15,18)(H,16,17). The molecule has 20 heavy (non-hydrogen) atoms. The first kappa shape index (κ1) is 14.6. The van der Waals surface area contributed by atoms with E-state index < -0.39 is 12.6 Å². The average molecular weight is 300 g/mol. The van der Waals surface area contributed by atoms with E-state index in [4.69, 9.17) is 26.2 Å². The number of rotatable bonds is 5. The van der Waals surface area contributed by atoms with Gasteiger partial charge in [-0.25, -0.2) is 4.79 Å². The maximum absolute atomic E-state index is 11.9. The van der Waals surface area contributed by atoms with Gasteiger partial charge in [0.25, 0.3) is 0 Å². The number of carboxylic acids is 1. The number of hydrogen-bond acceptors (Lipinski definition) is 4. The Morgan fingerprint density at radius 2 is 2.30 bits per heavy atom. The van der Waals surface area contributed by atoms with Crippen molar-refractivity contribution in [1.29, 1.82) is 0 Å². The van der Waals surface area contributed by atoms with Gasteiger partial charge in [-0.05, 0) is 24.6 Å². The Morgan fingerprint density at radius 1 is 1.50 bits per heavy atom. The van der Waals surface area contributed by atoms with Gasteiger partial charge in [0.1, 0.15) is 5.75 Å².